The minimum Gasteiger partial charge on any atom is -0.0654 e. The molecule has 0 amide bonds. The lowest BCUT2D eigenvalue weighted by atomic mass is 9.58. The van der Waals surface area contributed by atoms with Crippen LogP contribution in [0.25, 0.3) is 0 Å². The van der Waals surface area contributed by atoms with E-state index >= 15 is 0 Å². The standard InChI is InChI=1S/C18H37/c1-9-12-13-14-18(7,8)16(17(4,5)6)15(10-2)11-3/h16H,9-14H2,1-8H3. The Balaban J connectivity index is 4.93. The van der Waals surface area contributed by atoms with Crippen molar-refractivity contribution in [1.82, 2.24) is 0 Å². The molecular weight excluding hydrogens is 216 g/mol. The molecule has 0 fully saturated rings. The smallest absolute Gasteiger partial charge is 0.0205 e. The van der Waals surface area contributed by atoms with Gasteiger partial charge in [-0.1, -0.05) is 74.7 Å². The fourth-order valence-electron chi connectivity index (χ4n) is 3.97. The summed E-state index contributed by atoms with van der Waals surface area (Å²) in [5.41, 5.74) is 0.825. The van der Waals surface area contributed by atoms with Gasteiger partial charge in [0.1, 0.15) is 0 Å². The minimum atomic E-state index is 0.386. The van der Waals surface area contributed by atoms with Gasteiger partial charge in [0.25, 0.3) is 0 Å². The third-order valence-corrected chi connectivity index (χ3v) is 4.39. The van der Waals surface area contributed by atoms with Gasteiger partial charge in [0.05, 0.1) is 0 Å². The summed E-state index contributed by atoms with van der Waals surface area (Å²) in [6.45, 7) is 19.2. The lowest BCUT2D eigenvalue weighted by molar-refractivity contribution is 0.0807. The van der Waals surface area contributed by atoms with E-state index in [4.69, 9.17) is 0 Å². The molecule has 1 radical (unpaired) electrons. The molecule has 0 saturated heterocycles. The fourth-order valence-corrected chi connectivity index (χ4v) is 3.97. The molecule has 0 aliphatic carbocycles. The van der Waals surface area contributed by atoms with E-state index in [2.05, 4.69) is 55.4 Å². The molecule has 0 saturated carbocycles. The first kappa shape index (κ1) is 18.0. The van der Waals surface area contributed by atoms with Gasteiger partial charge in [-0.25, -0.2) is 0 Å². The molecule has 0 aromatic rings. The maximum atomic E-state index is 2.49. The van der Waals surface area contributed by atoms with Crippen molar-refractivity contribution in [2.24, 2.45) is 16.7 Å². The quantitative estimate of drug-likeness (QED) is 0.425. The Hall–Kier alpha value is 0. The second-order valence-corrected chi connectivity index (χ2v) is 7.61. The minimum absolute atomic E-state index is 0.386. The number of unbranched alkanes of at least 4 members (excludes halogenated alkanes) is 2. The molecule has 0 aromatic carbocycles. The lowest BCUT2D eigenvalue weighted by Crippen LogP contribution is -2.39. The van der Waals surface area contributed by atoms with Crippen molar-refractivity contribution < 1.29 is 0 Å². The third-order valence-electron chi connectivity index (χ3n) is 4.39. The lowest BCUT2D eigenvalue weighted by Gasteiger charge is -2.47. The van der Waals surface area contributed by atoms with E-state index in [0.29, 0.717) is 10.8 Å². The summed E-state index contributed by atoms with van der Waals surface area (Å²) >= 11 is 0. The average Bonchev–Trinajstić information content (AvgIpc) is 2.23. The summed E-state index contributed by atoms with van der Waals surface area (Å²) in [7, 11) is 0. The fraction of sp³-hybridized carbons (Fsp3) is 0.944. The molecule has 0 N–H and O–H groups in total. The summed E-state index contributed by atoms with van der Waals surface area (Å²) in [6.07, 6.45) is 7.95. The van der Waals surface area contributed by atoms with Crippen molar-refractivity contribution in [2.75, 3.05) is 0 Å². The van der Waals surface area contributed by atoms with E-state index in [1.807, 2.05) is 0 Å². The highest BCUT2D eigenvalue weighted by atomic mass is 14.5. The molecule has 0 bridgehead atoms. The third kappa shape index (κ3) is 5.33. The van der Waals surface area contributed by atoms with Gasteiger partial charge >= 0.3 is 0 Å². The highest BCUT2D eigenvalue weighted by Gasteiger charge is 2.41. The second-order valence-electron chi connectivity index (χ2n) is 7.61. The van der Waals surface area contributed by atoms with E-state index in [9.17, 15) is 0 Å². The van der Waals surface area contributed by atoms with Gasteiger partial charge in [0.2, 0.25) is 0 Å². The summed E-state index contributed by atoms with van der Waals surface area (Å²) in [4.78, 5) is 0. The van der Waals surface area contributed by atoms with Gasteiger partial charge < -0.3 is 0 Å². The highest BCUT2D eigenvalue weighted by Crippen LogP contribution is 2.50. The Morgan fingerprint density at radius 2 is 1.33 bits per heavy atom. The molecule has 0 heterocycles. The van der Waals surface area contributed by atoms with E-state index in [-0.39, 0.29) is 0 Å². The highest BCUT2D eigenvalue weighted by molar-refractivity contribution is 5.05. The van der Waals surface area contributed by atoms with Crippen LogP contribution in [0.1, 0.15) is 93.9 Å². The van der Waals surface area contributed by atoms with Gasteiger partial charge in [0.15, 0.2) is 0 Å². The monoisotopic (exact) mass is 253 g/mol. The largest absolute Gasteiger partial charge is 0.0654 e. The number of hydrogen-bond acceptors (Lipinski definition) is 0. The summed E-state index contributed by atoms with van der Waals surface area (Å²) in [5, 5.41) is 0. The molecule has 0 rings (SSSR count). The normalized spacial score (nSPS) is 15.2. The van der Waals surface area contributed by atoms with Crippen LogP contribution in [0.4, 0.5) is 0 Å². The van der Waals surface area contributed by atoms with E-state index in [1.165, 1.54) is 38.5 Å². The van der Waals surface area contributed by atoms with Gasteiger partial charge in [-0.15, -0.1) is 0 Å². The zero-order chi connectivity index (χ0) is 14.4. The van der Waals surface area contributed by atoms with Crippen molar-refractivity contribution in [3.8, 4) is 0 Å². The maximum absolute atomic E-state index is 2.49. The molecule has 1 atom stereocenters. The Bertz CT molecular complexity index is 203. The van der Waals surface area contributed by atoms with E-state index in [1.54, 1.807) is 5.92 Å². The molecule has 0 aliphatic rings. The van der Waals surface area contributed by atoms with Crippen LogP contribution < -0.4 is 0 Å². The molecule has 0 nitrogen and oxygen atoms in total. The predicted molar refractivity (Wildman–Crippen MR) is 84.7 cm³/mol. The first-order valence-corrected chi connectivity index (χ1v) is 8.05. The van der Waals surface area contributed by atoms with Crippen molar-refractivity contribution in [1.29, 1.82) is 0 Å². The Morgan fingerprint density at radius 1 is 0.833 bits per heavy atom. The zero-order valence-corrected chi connectivity index (χ0v) is 14.3. The topological polar surface area (TPSA) is 0 Å². The first-order valence-electron chi connectivity index (χ1n) is 8.05. The van der Waals surface area contributed by atoms with Crippen molar-refractivity contribution in [3.05, 3.63) is 5.92 Å². The predicted octanol–water partition coefficient (Wildman–Crippen LogP) is 6.65. The number of rotatable bonds is 8. The molecule has 0 heteroatoms. The summed E-state index contributed by atoms with van der Waals surface area (Å²) in [6, 6.07) is 0. The van der Waals surface area contributed by atoms with Gasteiger partial charge in [-0.2, -0.15) is 0 Å². The summed E-state index contributed by atoms with van der Waals surface area (Å²) in [5.74, 6) is 2.51. The van der Waals surface area contributed by atoms with Crippen LogP contribution >= 0.6 is 0 Å². The van der Waals surface area contributed by atoms with Gasteiger partial charge in [-0.3, -0.25) is 0 Å². The van der Waals surface area contributed by atoms with Gasteiger partial charge in [0, 0.05) is 0 Å². The second kappa shape index (κ2) is 7.56. The number of hydrogen-bond donors (Lipinski definition) is 0. The van der Waals surface area contributed by atoms with E-state index < -0.39 is 0 Å². The van der Waals surface area contributed by atoms with Crippen LogP contribution in [-0.2, 0) is 0 Å². The molecule has 0 aliphatic heterocycles. The zero-order valence-electron chi connectivity index (χ0n) is 14.3. The Labute approximate surface area is 117 Å². The Morgan fingerprint density at radius 3 is 1.67 bits per heavy atom. The molecule has 18 heavy (non-hydrogen) atoms. The molecule has 0 aromatic heterocycles. The van der Waals surface area contributed by atoms with Crippen LogP contribution in [0.3, 0.4) is 0 Å². The molecule has 0 spiro atoms. The first-order chi connectivity index (χ1) is 8.20. The van der Waals surface area contributed by atoms with Crippen LogP contribution in [0.15, 0.2) is 0 Å². The van der Waals surface area contributed by atoms with Crippen LogP contribution in [-0.4, -0.2) is 0 Å². The molecular formula is C18H37. The van der Waals surface area contributed by atoms with Crippen molar-refractivity contribution >= 4 is 0 Å². The average molecular weight is 253 g/mol. The van der Waals surface area contributed by atoms with Crippen molar-refractivity contribution in [2.45, 2.75) is 93.9 Å². The molecule has 109 valence electrons. The SMILES string of the molecule is CCCCCC(C)(C)C([C](CC)CC)C(C)(C)C. The maximum Gasteiger partial charge on any atom is -0.0205 e. The molecule has 1 unspecified atom stereocenters. The Kier molecular flexibility index (Phi) is 7.56. The van der Waals surface area contributed by atoms with Crippen molar-refractivity contribution in [3.63, 3.8) is 0 Å². The van der Waals surface area contributed by atoms with Crippen LogP contribution in [0.5, 0.6) is 0 Å². The van der Waals surface area contributed by atoms with Crippen LogP contribution in [0.2, 0.25) is 0 Å². The van der Waals surface area contributed by atoms with E-state index in [0.717, 1.165) is 5.92 Å². The van der Waals surface area contributed by atoms with Crippen LogP contribution in [0, 0.1) is 22.7 Å². The van der Waals surface area contributed by atoms with Gasteiger partial charge in [-0.05, 0) is 41.9 Å². The summed E-state index contributed by atoms with van der Waals surface area (Å²) < 4.78 is 0.